The number of nitrogens with zero attached hydrogens (tertiary/aromatic N) is 3. The molecule has 1 saturated heterocycles. The largest absolute Gasteiger partial charge is 0.480 e. The lowest BCUT2D eigenvalue weighted by Gasteiger charge is -2.09. The molecule has 0 radical (unpaired) electrons. The van der Waals surface area contributed by atoms with Crippen molar-refractivity contribution in [2.24, 2.45) is 0 Å². The molecule has 1 aliphatic rings. The third-order valence-corrected chi connectivity index (χ3v) is 3.25. The molecule has 7 heteroatoms. The second kappa shape index (κ2) is 5.46. The van der Waals surface area contributed by atoms with Crippen LogP contribution >= 0.6 is 0 Å². The number of fused-ring (bicyclic) bond motifs is 1. The maximum Gasteiger partial charge on any atom is 0.271 e. The number of rotatable bonds is 4. The van der Waals surface area contributed by atoms with Crippen molar-refractivity contribution in [3.63, 3.8) is 0 Å². The van der Waals surface area contributed by atoms with E-state index in [1.54, 1.807) is 25.4 Å². The molecule has 2 aromatic rings. The van der Waals surface area contributed by atoms with Crippen molar-refractivity contribution in [2.45, 2.75) is 18.9 Å². The lowest BCUT2D eigenvalue weighted by molar-refractivity contribution is 0.0854. The van der Waals surface area contributed by atoms with E-state index in [-0.39, 0.29) is 12.0 Å². The molecule has 7 nitrogen and oxygen atoms in total. The average Bonchev–Trinajstić information content (AvgIpc) is 3.12. The molecule has 0 bridgehead atoms. The van der Waals surface area contributed by atoms with Crippen LogP contribution < -0.4 is 10.1 Å². The van der Waals surface area contributed by atoms with Crippen LogP contribution in [0, 0.1) is 0 Å². The molecule has 0 aromatic carbocycles. The Kier molecular flexibility index (Phi) is 3.51. The van der Waals surface area contributed by atoms with E-state index in [1.807, 2.05) is 0 Å². The number of amides is 1. The molecule has 20 heavy (non-hydrogen) atoms. The Morgan fingerprint density at radius 3 is 3.25 bits per heavy atom. The standard InChI is InChI=1S/C13H16N4O3/c1-19-12-5-4-11-15-10(8-17(11)16-12)13(18)14-7-9-3-2-6-20-9/h4-5,8-9H,2-3,6-7H2,1H3,(H,14,18)/t9-/m0/s1. The minimum Gasteiger partial charge on any atom is -0.480 e. The van der Waals surface area contributed by atoms with Gasteiger partial charge in [0, 0.05) is 19.2 Å². The van der Waals surface area contributed by atoms with Crippen LogP contribution in [0.1, 0.15) is 23.3 Å². The van der Waals surface area contributed by atoms with Crippen LogP contribution in [-0.2, 0) is 4.74 Å². The molecule has 0 saturated carbocycles. The van der Waals surface area contributed by atoms with E-state index in [1.165, 1.54) is 4.52 Å². The summed E-state index contributed by atoms with van der Waals surface area (Å²) in [6, 6.07) is 3.46. The van der Waals surface area contributed by atoms with Gasteiger partial charge in [-0.25, -0.2) is 9.50 Å². The number of aromatic nitrogens is 3. The molecule has 1 amide bonds. The minimum atomic E-state index is -0.218. The maximum atomic E-state index is 12.0. The molecule has 0 unspecified atom stereocenters. The maximum absolute atomic E-state index is 12.0. The number of carbonyl (C=O) groups is 1. The third kappa shape index (κ3) is 2.57. The van der Waals surface area contributed by atoms with Crippen molar-refractivity contribution in [3.05, 3.63) is 24.0 Å². The van der Waals surface area contributed by atoms with Gasteiger partial charge in [-0.3, -0.25) is 4.79 Å². The van der Waals surface area contributed by atoms with Crippen molar-refractivity contribution < 1.29 is 14.3 Å². The molecular weight excluding hydrogens is 260 g/mol. The zero-order valence-electron chi connectivity index (χ0n) is 11.2. The number of nitrogens with one attached hydrogen (secondary N) is 1. The topological polar surface area (TPSA) is 77.8 Å². The number of methoxy groups -OCH3 is 1. The molecule has 1 N–H and O–H groups in total. The van der Waals surface area contributed by atoms with E-state index >= 15 is 0 Å². The predicted octanol–water partition coefficient (Wildman–Crippen LogP) is 0.647. The Bertz CT molecular complexity index is 619. The molecule has 0 spiro atoms. The Balaban J connectivity index is 1.70. The first-order chi connectivity index (χ1) is 9.76. The van der Waals surface area contributed by atoms with Crippen molar-refractivity contribution in [2.75, 3.05) is 20.3 Å². The number of ether oxygens (including phenoxy) is 2. The Morgan fingerprint density at radius 2 is 2.50 bits per heavy atom. The summed E-state index contributed by atoms with van der Waals surface area (Å²) >= 11 is 0. The fourth-order valence-corrected chi connectivity index (χ4v) is 2.19. The number of imidazole rings is 1. The minimum absolute atomic E-state index is 0.120. The summed E-state index contributed by atoms with van der Waals surface area (Å²) in [6.07, 6.45) is 3.75. The lowest BCUT2D eigenvalue weighted by atomic mass is 10.2. The van der Waals surface area contributed by atoms with Gasteiger partial charge >= 0.3 is 0 Å². The van der Waals surface area contributed by atoms with Crippen LogP contribution in [0.15, 0.2) is 18.3 Å². The molecule has 1 atom stereocenters. The number of hydrogen-bond donors (Lipinski definition) is 1. The van der Waals surface area contributed by atoms with E-state index in [0.29, 0.717) is 23.8 Å². The lowest BCUT2D eigenvalue weighted by Crippen LogP contribution is -2.31. The van der Waals surface area contributed by atoms with E-state index in [4.69, 9.17) is 9.47 Å². The summed E-state index contributed by atoms with van der Waals surface area (Å²) in [5.41, 5.74) is 0.941. The van der Waals surface area contributed by atoms with Crippen LogP contribution in [0.25, 0.3) is 5.65 Å². The summed E-state index contributed by atoms with van der Waals surface area (Å²) in [5, 5.41) is 6.99. The highest BCUT2D eigenvalue weighted by atomic mass is 16.5. The highest BCUT2D eigenvalue weighted by Crippen LogP contribution is 2.12. The summed E-state index contributed by atoms with van der Waals surface area (Å²) in [6.45, 7) is 1.29. The summed E-state index contributed by atoms with van der Waals surface area (Å²) in [7, 11) is 1.54. The highest BCUT2D eigenvalue weighted by molar-refractivity contribution is 5.92. The van der Waals surface area contributed by atoms with Crippen LogP contribution in [0.3, 0.4) is 0 Å². The predicted molar refractivity (Wildman–Crippen MR) is 70.8 cm³/mol. The molecule has 3 rings (SSSR count). The zero-order valence-corrected chi connectivity index (χ0v) is 11.2. The first-order valence-corrected chi connectivity index (χ1v) is 6.56. The van der Waals surface area contributed by atoms with Crippen LogP contribution in [-0.4, -0.2) is 46.9 Å². The average molecular weight is 276 g/mol. The van der Waals surface area contributed by atoms with Crippen LogP contribution in [0.2, 0.25) is 0 Å². The third-order valence-electron chi connectivity index (χ3n) is 3.25. The van der Waals surface area contributed by atoms with Gasteiger partial charge in [0.2, 0.25) is 5.88 Å². The second-order valence-electron chi connectivity index (χ2n) is 4.65. The molecule has 1 fully saturated rings. The van der Waals surface area contributed by atoms with Gasteiger partial charge in [0.05, 0.1) is 19.4 Å². The van der Waals surface area contributed by atoms with Crippen molar-refractivity contribution >= 4 is 11.6 Å². The van der Waals surface area contributed by atoms with Gasteiger partial charge in [0.15, 0.2) is 5.65 Å². The van der Waals surface area contributed by atoms with Gasteiger partial charge in [-0.2, -0.15) is 0 Å². The fourth-order valence-electron chi connectivity index (χ4n) is 2.19. The SMILES string of the molecule is COc1ccc2nc(C(=O)NC[C@@H]3CCCO3)cn2n1. The Labute approximate surface area is 115 Å². The molecule has 1 aliphatic heterocycles. The van der Waals surface area contributed by atoms with Crippen LogP contribution in [0.4, 0.5) is 0 Å². The highest BCUT2D eigenvalue weighted by Gasteiger charge is 2.18. The van der Waals surface area contributed by atoms with E-state index in [2.05, 4.69) is 15.4 Å². The van der Waals surface area contributed by atoms with Gasteiger partial charge in [0.25, 0.3) is 5.91 Å². The molecular formula is C13H16N4O3. The van der Waals surface area contributed by atoms with Crippen LogP contribution in [0.5, 0.6) is 5.88 Å². The van der Waals surface area contributed by atoms with Gasteiger partial charge < -0.3 is 14.8 Å². The van der Waals surface area contributed by atoms with E-state index in [0.717, 1.165) is 19.4 Å². The van der Waals surface area contributed by atoms with Crippen molar-refractivity contribution in [1.29, 1.82) is 0 Å². The quantitative estimate of drug-likeness (QED) is 0.887. The van der Waals surface area contributed by atoms with Crippen molar-refractivity contribution in [1.82, 2.24) is 19.9 Å². The Morgan fingerprint density at radius 1 is 1.60 bits per heavy atom. The monoisotopic (exact) mass is 276 g/mol. The van der Waals surface area contributed by atoms with Gasteiger partial charge in [0.1, 0.15) is 5.69 Å². The fraction of sp³-hybridized carbons (Fsp3) is 0.462. The smallest absolute Gasteiger partial charge is 0.271 e. The normalized spacial score (nSPS) is 18.4. The van der Waals surface area contributed by atoms with E-state index < -0.39 is 0 Å². The summed E-state index contributed by atoms with van der Waals surface area (Å²) in [4.78, 5) is 16.2. The molecule has 3 heterocycles. The number of carbonyl (C=O) groups excluding carboxylic acids is 1. The second-order valence-corrected chi connectivity index (χ2v) is 4.65. The first kappa shape index (κ1) is 12.9. The van der Waals surface area contributed by atoms with E-state index in [9.17, 15) is 4.79 Å². The summed E-state index contributed by atoms with van der Waals surface area (Å²) < 4.78 is 12.0. The van der Waals surface area contributed by atoms with Gasteiger partial charge in [-0.15, -0.1) is 5.10 Å². The van der Waals surface area contributed by atoms with Gasteiger partial charge in [-0.1, -0.05) is 0 Å². The number of hydrogen-bond acceptors (Lipinski definition) is 5. The zero-order chi connectivity index (χ0) is 13.9. The Hall–Kier alpha value is -2.15. The summed E-state index contributed by atoms with van der Waals surface area (Å²) in [5.74, 6) is 0.256. The molecule has 106 valence electrons. The molecule has 2 aromatic heterocycles. The first-order valence-electron chi connectivity index (χ1n) is 6.56. The van der Waals surface area contributed by atoms with Gasteiger partial charge in [-0.05, 0) is 18.9 Å². The van der Waals surface area contributed by atoms with Crippen molar-refractivity contribution in [3.8, 4) is 5.88 Å². The molecule has 0 aliphatic carbocycles.